The van der Waals surface area contributed by atoms with Crippen LogP contribution in [0, 0.1) is 0 Å². The van der Waals surface area contributed by atoms with Crippen molar-refractivity contribution in [2.75, 3.05) is 27.2 Å². The lowest BCUT2D eigenvalue weighted by Gasteiger charge is -2.36. The van der Waals surface area contributed by atoms with Crippen molar-refractivity contribution in [1.29, 1.82) is 0 Å². The van der Waals surface area contributed by atoms with Crippen LogP contribution in [0.5, 0.6) is 0 Å². The van der Waals surface area contributed by atoms with Crippen molar-refractivity contribution in [3.63, 3.8) is 0 Å². The molecule has 0 saturated carbocycles. The number of aliphatic hydroxyl groups excluding tert-OH is 1. The van der Waals surface area contributed by atoms with Crippen LogP contribution in [0.15, 0.2) is 12.3 Å². The Morgan fingerprint density at radius 1 is 1.46 bits per heavy atom. The highest BCUT2D eigenvalue weighted by atomic mass is 32.2. The Morgan fingerprint density at radius 2 is 2.12 bits per heavy atom. The van der Waals surface area contributed by atoms with E-state index in [9.17, 15) is 18.3 Å². The molecule has 0 bridgehead atoms. The smallest absolute Gasteiger partial charge is 0.279 e. The molecule has 1 aromatic rings. The van der Waals surface area contributed by atoms with Crippen molar-refractivity contribution in [2.24, 2.45) is 7.05 Å². The second-order valence-corrected chi connectivity index (χ2v) is 8.41. The number of piperidine rings is 1. The van der Waals surface area contributed by atoms with E-state index in [1.165, 1.54) is 21.0 Å². The molecule has 1 saturated heterocycles. The Bertz CT molecular complexity index is 698. The maximum atomic E-state index is 11.9. The SMILES string of the molecule is CC(=O)c1cc(CN2CC[C@@H](NS(=O)(=O)N(C)C)[C@H](O)C2)n(C)c1. The minimum Gasteiger partial charge on any atom is -0.390 e. The van der Waals surface area contributed by atoms with Gasteiger partial charge in [0.1, 0.15) is 0 Å². The fraction of sp³-hybridized carbons (Fsp3) is 0.667. The van der Waals surface area contributed by atoms with Crippen molar-refractivity contribution in [2.45, 2.75) is 32.0 Å². The van der Waals surface area contributed by atoms with Crippen LogP contribution in [0.3, 0.4) is 0 Å². The second-order valence-electron chi connectivity index (χ2n) is 6.49. The van der Waals surface area contributed by atoms with Crippen LogP contribution in [-0.2, 0) is 23.8 Å². The molecule has 2 rings (SSSR count). The van der Waals surface area contributed by atoms with Gasteiger partial charge in [0.25, 0.3) is 10.2 Å². The largest absolute Gasteiger partial charge is 0.390 e. The zero-order chi connectivity index (χ0) is 18.1. The van der Waals surface area contributed by atoms with E-state index in [2.05, 4.69) is 9.62 Å². The Kier molecular flexibility index (Phi) is 5.82. The number of aryl methyl sites for hydroxylation is 1. The molecule has 24 heavy (non-hydrogen) atoms. The van der Waals surface area contributed by atoms with Crippen LogP contribution in [0.1, 0.15) is 29.4 Å². The van der Waals surface area contributed by atoms with Crippen molar-refractivity contribution in [3.8, 4) is 0 Å². The van der Waals surface area contributed by atoms with Gasteiger partial charge in [-0.1, -0.05) is 0 Å². The fourth-order valence-corrected chi connectivity index (χ4v) is 3.63. The van der Waals surface area contributed by atoms with Gasteiger partial charge in [0, 0.05) is 58.2 Å². The summed E-state index contributed by atoms with van der Waals surface area (Å²) in [4.78, 5) is 13.5. The molecule has 0 spiro atoms. The van der Waals surface area contributed by atoms with E-state index in [1.807, 2.05) is 17.7 Å². The van der Waals surface area contributed by atoms with E-state index >= 15 is 0 Å². The molecule has 1 aliphatic heterocycles. The second kappa shape index (κ2) is 7.32. The first-order valence-electron chi connectivity index (χ1n) is 7.86. The summed E-state index contributed by atoms with van der Waals surface area (Å²) in [5.74, 6) is 0.0219. The Labute approximate surface area is 143 Å². The average molecular weight is 358 g/mol. The molecule has 0 radical (unpaired) electrons. The zero-order valence-corrected chi connectivity index (χ0v) is 15.4. The number of nitrogens with zero attached hydrogens (tertiary/aromatic N) is 3. The Balaban J connectivity index is 1.97. The van der Waals surface area contributed by atoms with Gasteiger partial charge in [-0.3, -0.25) is 9.69 Å². The predicted molar refractivity (Wildman–Crippen MR) is 90.8 cm³/mol. The Hall–Kier alpha value is -1.26. The Morgan fingerprint density at radius 3 is 2.62 bits per heavy atom. The topological polar surface area (TPSA) is 94.9 Å². The molecule has 0 aliphatic carbocycles. The van der Waals surface area contributed by atoms with Crippen LogP contribution in [0.2, 0.25) is 0 Å². The van der Waals surface area contributed by atoms with Crippen LogP contribution in [0.25, 0.3) is 0 Å². The van der Waals surface area contributed by atoms with Gasteiger partial charge < -0.3 is 9.67 Å². The number of aromatic nitrogens is 1. The highest BCUT2D eigenvalue weighted by Crippen LogP contribution is 2.17. The first-order chi connectivity index (χ1) is 11.1. The highest BCUT2D eigenvalue weighted by Gasteiger charge is 2.31. The van der Waals surface area contributed by atoms with Crippen molar-refractivity contribution in [1.82, 2.24) is 18.5 Å². The predicted octanol–water partition coefficient (Wildman–Crippen LogP) is -0.441. The van der Waals surface area contributed by atoms with E-state index in [-0.39, 0.29) is 5.78 Å². The van der Waals surface area contributed by atoms with Gasteiger partial charge in [0.05, 0.1) is 12.1 Å². The van der Waals surface area contributed by atoms with Gasteiger partial charge in [-0.05, 0) is 19.4 Å². The number of hydrogen-bond donors (Lipinski definition) is 2. The molecule has 136 valence electrons. The molecular weight excluding hydrogens is 332 g/mol. The number of aliphatic hydroxyl groups is 1. The number of likely N-dealkylation sites (tertiary alicyclic amines) is 1. The molecule has 9 heteroatoms. The molecule has 0 aromatic carbocycles. The zero-order valence-electron chi connectivity index (χ0n) is 14.6. The van der Waals surface area contributed by atoms with E-state index in [4.69, 9.17) is 0 Å². The van der Waals surface area contributed by atoms with E-state index in [1.54, 1.807) is 6.20 Å². The molecule has 8 nitrogen and oxygen atoms in total. The number of Topliss-reactive ketones (excluding diaryl/α,β-unsaturated/α-hetero) is 1. The number of carbonyl (C=O) groups is 1. The quantitative estimate of drug-likeness (QED) is 0.672. The highest BCUT2D eigenvalue weighted by molar-refractivity contribution is 7.87. The number of rotatable bonds is 6. The summed E-state index contributed by atoms with van der Waals surface area (Å²) in [6, 6.07) is 1.37. The number of carbonyl (C=O) groups excluding carboxylic acids is 1. The summed E-state index contributed by atoms with van der Waals surface area (Å²) in [7, 11) is 1.23. The third kappa shape index (κ3) is 4.42. The van der Waals surface area contributed by atoms with Gasteiger partial charge in [-0.15, -0.1) is 0 Å². The summed E-state index contributed by atoms with van der Waals surface area (Å²) in [5, 5.41) is 10.3. The van der Waals surface area contributed by atoms with Crippen LogP contribution >= 0.6 is 0 Å². The lowest BCUT2D eigenvalue weighted by Crippen LogP contribution is -2.55. The molecule has 1 aromatic heterocycles. The first-order valence-corrected chi connectivity index (χ1v) is 9.30. The number of nitrogens with one attached hydrogen (secondary N) is 1. The first kappa shape index (κ1) is 19.1. The molecule has 0 unspecified atom stereocenters. The maximum absolute atomic E-state index is 11.9. The van der Waals surface area contributed by atoms with Gasteiger partial charge in [-0.25, -0.2) is 0 Å². The molecule has 2 atom stereocenters. The minimum atomic E-state index is -3.56. The summed E-state index contributed by atoms with van der Waals surface area (Å²) in [6.45, 7) is 3.18. The monoisotopic (exact) mass is 358 g/mol. The lowest BCUT2D eigenvalue weighted by atomic mass is 10.0. The molecular formula is C15H26N4O4S. The summed E-state index contributed by atoms with van der Waals surface area (Å²) in [6.07, 6.45) is 1.55. The van der Waals surface area contributed by atoms with E-state index in [0.29, 0.717) is 31.6 Å². The maximum Gasteiger partial charge on any atom is 0.279 e. The van der Waals surface area contributed by atoms with Crippen molar-refractivity contribution >= 4 is 16.0 Å². The molecule has 1 fully saturated rings. The summed E-state index contributed by atoms with van der Waals surface area (Å²) < 4.78 is 29.3. The van der Waals surface area contributed by atoms with Gasteiger partial charge in [-0.2, -0.15) is 17.4 Å². The lowest BCUT2D eigenvalue weighted by molar-refractivity contribution is 0.0433. The summed E-state index contributed by atoms with van der Waals surface area (Å²) >= 11 is 0. The van der Waals surface area contributed by atoms with Crippen LogP contribution in [0.4, 0.5) is 0 Å². The van der Waals surface area contributed by atoms with Gasteiger partial charge in [0.2, 0.25) is 0 Å². The molecule has 1 aliphatic rings. The third-order valence-corrected chi connectivity index (χ3v) is 5.91. The van der Waals surface area contributed by atoms with E-state index < -0.39 is 22.4 Å². The number of ketones is 1. The van der Waals surface area contributed by atoms with E-state index in [0.717, 1.165) is 10.00 Å². The van der Waals surface area contributed by atoms with Crippen LogP contribution in [-0.4, -0.2) is 72.4 Å². The molecule has 2 heterocycles. The molecule has 2 N–H and O–H groups in total. The van der Waals surface area contributed by atoms with Crippen molar-refractivity contribution in [3.05, 3.63) is 23.5 Å². The van der Waals surface area contributed by atoms with Crippen molar-refractivity contribution < 1.29 is 18.3 Å². The number of β-amino-alcohol motifs (C(OH)–C–C–N with tert-alkyl or cyclic N) is 1. The third-order valence-electron chi connectivity index (χ3n) is 4.35. The fourth-order valence-electron chi connectivity index (χ4n) is 2.76. The normalized spacial score (nSPS) is 22.9. The standard InChI is InChI=1S/C15H26N4O4S/c1-11(20)12-7-13(18(4)8-12)9-19-6-5-14(15(21)10-19)16-24(22,23)17(2)3/h7-8,14-16,21H,5-6,9-10H2,1-4H3/t14-,15-/m1/s1. The molecule has 0 amide bonds. The number of hydrogen-bond acceptors (Lipinski definition) is 5. The van der Waals surface area contributed by atoms with Gasteiger partial charge >= 0.3 is 0 Å². The van der Waals surface area contributed by atoms with Gasteiger partial charge in [0.15, 0.2) is 5.78 Å². The average Bonchev–Trinajstić information content (AvgIpc) is 2.83. The summed E-state index contributed by atoms with van der Waals surface area (Å²) in [5.41, 5.74) is 1.65. The van der Waals surface area contributed by atoms with Crippen LogP contribution < -0.4 is 4.72 Å². The minimum absolute atomic E-state index is 0.0219.